The third kappa shape index (κ3) is 2.16. The Hall–Kier alpha value is -0.520. The van der Waals surface area contributed by atoms with E-state index in [4.69, 9.17) is 0 Å². The molecule has 0 bridgehead atoms. The van der Waals surface area contributed by atoms with E-state index in [1.807, 2.05) is 0 Å². The summed E-state index contributed by atoms with van der Waals surface area (Å²) >= 11 is 0. The number of hydrogen-bond donors (Lipinski definition) is 0. The zero-order chi connectivity index (χ0) is 16.2. The Morgan fingerprint density at radius 1 is 1.17 bits per heavy atom. The minimum absolute atomic E-state index is 0.400. The molecule has 7 atom stereocenters. The molecule has 0 heteroatoms. The summed E-state index contributed by atoms with van der Waals surface area (Å²) in [5, 5.41) is 0. The van der Waals surface area contributed by atoms with Gasteiger partial charge in [0.1, 0.15) is 0 Å². The van der Waals surface area contributed by atoms with Crippen LogP contribution in [0, 0.1) is 40.4 Å². The second-order valence-electron chi connectivity index (χ2n) is 9.68. The van der Waals surface area contributed by atoms with Gasteiger partial charge in [0.15, 0.2) is 0 Å². The molecule has 2 saturated carbocycles. The van der Waals surface area contributed by atoms with Crippen LogP contribution in [0.2, 0.25) is 0 Å². The van der Waals surface area contributed by atoms with Crippen LogP contribution in [0.1, 0.15) is 79.1 Å². The summed E-state index contributed by atoms with van der Waals surface area (Å²) in [6.45, 7) is 10.2. The van der Waals surface area contributed by atoms with E-state index in [0.29, 0.717) is 10.8 Å². The maximum Gasteiger partial charge on any atom is 0.00936 e. The Morgan fingerprint density at radius 3 is 2.78 bits per heavy atom. The van der Waals surface area contributed by atoms with Crippen LogP contribution < -0.4 is 0 Å². The molecule has 0 aromatic rings. The predicted molar refractivity (Wildman–Crippen MR) is 99.2 cm³/mol. The lowest BCUT2D eigenvalue weighted by Crippen LogP contribution is -2.49. The van der Waals surface area contributed by atoms with Gasteiger partial charge in [-0.15, -0.1) is 0 Å². The third-order valence-corrected chi connectivity index (χ3v) is 8.98. The van der Waals surface area contributed by atoms with Gasteiger partial charge in [0, 0.05) is 5.41 Å². The van der Waals surface area contributed by atoms with E-state index in [0.717, 1.165) is 29.6 Å². The van der Waals surface area contributed by atoms with Crippen molar-refractivity contribution in [3.63, 3.8) is 0 Å². The van der Waals surface area contributed by atoms with Crippen LogP contribution in [-0.4, -0.2) is 0 Å². The molecular formula is C23H36. The fourth-order valence-electron chi connectivity index (χ4n) is 7.53. The monoisotopic (exact) mass is 312 g/mol. The van der Waals surface area contributed by atoms with E-state index < -0.39 is 0 Å². The Morgan fingerprint density at radius 2 is 2.00 bits per heavy atom. The minimum Gasteiger partial charge on any atom is -0.0873 e. The van der Waals surface area contributed by atoms with Crippen molar-refractivity contribution in [1.82, 2.24) is 0 Å². The first-order chi connectivity index (χ1) is 11.0. The van der Waals surface area contributed by atoms with Crippen LogP contribution in [0.5, 0.6) is 0 Å². The maximum atomic E-state index is 2.68. The molecule has 0 radical (unpaired) electrons. The van der Waals surface area contributed by atoms with Gasteiger partial charge in [0.2, 0.25) is 0 Å². The van der Waals surface area contributed by atoms with Gasteiger partial charge in [-0.05, 0) is 80.0 Å². The van der Waals surface area contributed by atoms with Crippen LogP contribution in [0.3, 0.4) is 0 Å². The van der Waals surface area contributed by atoms with E-state index in [2.05, 4.69) is 45.9 Å². The minimum atomic E-state index is 0.400. The third-order valence-electron chi connectivity index (χ3n) is 8.98. The van der Waals surface area contributed by atoms with Crippen molar-refractivity contribution < 1.29 is 0 Å². The molecule has 4 rings (SSSR count). The first-order valence-corrected chi connectivity index (χ1v) is 10.4. The Labute approximate surface area is 143 Å². The summed E-state index contributed by atoms with van der Waals surface area (Å²) in [5.74, 6) is 4.78. The highest BCUT2D eigenvalue weighted by Gasteiger charge is 2.58. The number of rotatable bonds is 2. The molecule has 0 aromatic heterocycles. The number of hydrogen-bond acceptors (Lipinski definition) is 0. The topological polar surface area (TPSA) is 0 Å². The Balaban J connectivity index is 1.66. The molecule has 0 heterocycles. The van der Waals surface area contributed by atoms with Gasteiger partial charge in [-0.1, -0.05) is 57.9 Å². The molecule has 0 amide bonds. The van der Waals surface area contributed by atoms with Crippen molar-refractivity contribution >= 4 is 0 Å². The summed E-state index contributed by atoms with van der Waals surface area (Å²) in [4.78, 5) is 0. The van der Waals surface area contributed by atoms with Gasteiger partial charge >= 0.3 is 0 Å². The van der Waals surface area contributed by atoms with E-state index in [1.54, 1.807) is 5.57 Å². The lowest BCUT2D eigenvalue weighted by atomic mass is 9.48. The average Bonchev–Trinajstić information content (AvgIpc) is 2.91. The van der Waals surface area contributed by atoms with E-state index in [1.165, 1.54) is 51.4 Å². The molecule has 0 saturated heterocycles. The van der Waals surface area contributed by atoms with Crippen LogP contribution in [0.4, 0.5) is 0 Å². The molecule has 0 nitrogen and oxygen atoms in total. The van der Waals surface area contributed by atoms with Crippen molar-refractivity contribution in [3.05, 3.63) is 23.8 Å². The normalized spacial score (nSPS) is 49.8. The molecule has 4 aliphatic carbocycles. The van der Waals surface area contributed by atoms with Gasteiger partial charge in [-0.2, -0.15) is 0 Å². The molecule has 6 unspecified atom stereocenters. The summed E-state index contributed by atoms with van der Waals surface area (Å²) in [5.41, 5.74) is 2.81. The standard InChI is InChI=1S/C23H36/c1-5-16(2)19-11-12-20-18-10-9-17-8-6-7-14-22(17,3)21(18)13-15-23(19,20)4/h7,9,14,16,18-21H,5-6,8,10-13,15H2,1-4H3/t16-,18?,19?,20?,21?,22?,23?/m1/s1. The van der Waals surface area contributed by atoms with E-state index >= 15 is 0 Å². The average molecular weight is 313 g/mol. The smallest absolute Gasteiger partial charge is 0.00936 e. The Kier molecular flexibility index (Phi) is 3.82. The fraction of sp³-hybridized carbons (Fsp3) is 0.826. The lowest BCUT2D eigenvalue weighted by Gasteiger charge is -2.57. The highest BCUT2D eigenvalue weighted by atomic mass is 14.6. The van der Waals surface area contributed by atoms with Crippen molar-refractivity contribution in [2.24, 2.45) is 40.4 Å². The van der Waals surface area contributed by atoms with E-state index in [9.17, 15) is 0 Å². The summed E-state index contributed by atoms with van der Waals surface area (Å²) in [7, 11) is 0. The molecule has 0 aromatic carbocycles. The largest absolute Gasteiger partial charge is 0.0873 e. The van der Waals surface area contributed by atoms with Gasteiger partial charge in [-0.3, -0.25) is 0 Å². The van der Waals surface area contributed by atoms with Crippen molar-refractivity contribution in [2.75, 3.05) is 0 Å². The molecule has 4 aliphatic rings. The highest BCUT2D eigenvalue weighted by Crippen LogP contribution is 2.66. The molecule has 0 spiro atoms. The lowest BCUT2D eigenvalue weighted by molar-refractivity contribution is -0.0333. The highest BCUT2D eigenvalue weighted by molar-refractivity contribution is 5.31. The zero-order valence-electron chi connectivity index (χ0n) is 15.8. The summed E-state index contributed by atoms with van der Waals surface area (Å²) in [6, 6.07) is 0. The molecule has 23 heavy (non-hydrogen) atoms. The van der Waals surface area contributed by atoms with Crippen LogP contribution in [0.25, 0.3) is 0 Å². The molecule has 0 N–H and O–H groups in total. The van der Waals surface area contributed by atoms with Crippen molar-refractivity contribution in [2.45, 2.75) is 79.1 Å². The maximum absolute atomic E-state index is 2.68. The summed E-state index contributed by atoms with van der Waals surface area (Å²) in [6.07, 6.45) is 19.1. The molecule has 128 valence electrons. The summed E-state index contributed by atoms with van der Waals surface area (Å²) < 4.78 is 0. The van der Waals surface area contributed by atoms with Gasteiger partial charge in [-0.25, -0.2) is 0 Å². The predicted octanol–water partition coefficient (Wildman–Crippen LogP) is 6.78. The first-order valence-electron chi connectivity index (χ1n) is 10.4. The second kappa shape index (κ2) is 5.50. The van der Waals surface area contributed by atoms with Gasteiger partial charge in [0.05, 0.1) is 0 Å². The molecule has 2 fully saturated rings. The number of fused-ring (bicyclic) bond motifs is 5. The second-order valence-corrected chi connectivity index (χ2v) is 9.68. The van der Waals surface area contributed by atoms with Gasteiger partial charge < -0.3 is 0 Å². The van der Waals surface area contributed by atoms with Crippen LogP contribution >= 0.6 is 0 Å². The fourth-order valence-corrected chi connectivity index (χ4v) is 7.53. The van der Waals surface area contributed by atoms with E-state index in [-0.39, 0.29) is 0 Å². The van der Waals surface area contributed by atoms with Crippen LogP contribution in [0.15, 0.2) is 23.8 Å². The van der Waals surface area contributed by atoms with Crippen LogP contribution in [-0.2, 0) is 0 Å². The number of allylic oxidation sites excluding steroid dienone is 4. The quantitative estimate of drug-likeness (QED) is 0.493. The molecular weight excluding hydrogens is 276 g/mol. The van der Waals surface area contributed by atoms with Gasteiger partial charge in [0.25, 0.3) is 0 Å². The SMILES string of the molecule is CC[C@@H](C)C1CCC2C3CC=C4CCC=CC4(C)C3CCC21C. The van der Waals surface area contributed by atoms with Crippen molar-refractivity contribution in [3.8, 4) is 0 Å². The molecule has 0 aliphatic heterocycles. The Bertz CT molecular complexity index is 526. The first kappa shape index (κ1) is 16.0. The zero-order valence-corrected chi connectivity index (χ0v) is 15.8. The van der Waals surface area contributed by atoms with Crippen molar-refractivity contribution in [1.29, 1.82) is 0 Å².